The zero-order valence-electron chi connectivity index (χ0n) is 13.9. The molecule has 2 aromatic rings. The summed E-state index contributed by atoms with van der Waals surface area (Å²) in [6, 6.07) is 21.5. The van der Waals surface area contributed by atoms with Crippen LogP contribution in [0.4, 0.5) is 0 Å². The van der Waals surface area contributed by atoms with Gasteiger partial charge < -0.3 is 5.21 Å². The third kappa shape index (κ3) is 2.96. The van der Waals surface area contributed by atoms with E-state index in [2.05, 4.69) is 70.7 Å². The lowest BCUT2D eigenvalue weighted by Crippen LogP contribution is -2.44. The smallest absolute Gasteiger partial charge is 0.0775 e. The third-order valence-corrected chi connectivity index (χ3v) is 5.61. The Morgan fingerprint density at radius 2 is 1.46 bits per heavy atom. The van der Waals surface area contributed by atoms with Crippen molar-refractivity contribution in [3.8, 4) is 0 Å². The maximum absolute atomic E-state index is 9.60. The summed E-state index contributed by atoms with van der Waals surface area (Å²) in [5.74, 6) is 1.12. The van der Waals surface area contributed by atoms with Gasteiger partial charge >= 0.3 is 0 Å². The summed E-state index contributed by atoms with van der Waals surface area (Å²) in [6.07, 6.45) is 3.63. The van der Waals surface area contributed by atoms with Gasteiger partial charge in [0.05, 0.1) is 11.8 Å². The lowest BCUT2D eigenvalue weighted by Gasteiger charge is -2.35. The van der Waals surface area contributed by atoms with E-state index in [1.54, 1.807) is 0 Å². The van der Waals surface area contributed by atoms with Gasteiger partial charge in [-0.25, -0.2) is 0 Å². The summed E-state index contributed by atoms with van der Waals surface area (Å²) in [5, 5.41) is 13.3. The lowest BCUT2D eigenvalue weighted by molar-refractivity contribution is 0.175. The van der Waals surface area contributed by atoms with Crippen LogP contribution in [-0.4, -0.2) is 21.9 Å². The first-order valence-electron chi connectivity index (χ1n) is 8.89. The van der Waals surface area contributed by atoms with Gasteiger partial charge in [-0.2, -0.15) is 0 Å². The maximum Gasteiger partial charge on any atom is 0.0775 e. The molecule has 2 aliphatic carbocycles. The Morgan fingerprint density at radius 1 is 0.875 bits per heavy atom. The van der Waals surface area contributed by atoms with Crippen LogP contribution in [0.2, 0.25) is 0 Å². The van der Waals surface area contributed by atoms with Crippen LogP contribution in [0, 0.1) is 11.8 Å². The molecule has 0 heterocycles. The minimum absolute atomic E-state index is 0.272. The van der Waals surface area contributed by atoms with Crippen molar-refractivity contribution < 1.29 is 5.21 Å². The molecule has 4 rings (SSSR count). The number of rotatable bonds is 5. The number of hydrogen-bond donors (Lipinski definition) is 1. The number of hydrogen-bond acceptors (Lipinski definition) is 3. The molecule has 3 nitrogen and oxygen atoms in total. The number of nitrogens with zero attached hydrogens (tertiary/aromatic N) is 2. The molecule has 0 unspecified atom stereocenters. The molecule has 2 aromatic carbocycles. The summed E-state index contributed by atoms with van der Waals surface area (Å²) < 4.78 is 0. The van der Waals surface area contributed by atoms with Crippen molar-refractivity contribution in [3.63, 3.8) is 0 Å². The molecule has 0 radical (unpaired) electrons. The van der Waals surface area contributed by atoms with Gasteiger partial charge in [0.25, 0.3) is 0 Å². The Bertz CT molecular complexity index is 657. The van der Waals surface area contributed by atoms with Crippen LogP contribution >= 0.6 is 0 Å². The number of benzene rings is 2. The van der Waals surface area contributed by atoms with Gasteiger partial charge in [0.1, 0.15) is 0 Å². The number of fused-ring (bicyclic) bond motifs is 2. The quantitative estimate of drug-likeness (QED) is 0.658. The molecule has 0 amide bonds. The van der Waals surface area contributed by atoms with E-state index in [4.69, 9.17) is 0 Å². The predicted molar refractivity (Wildman–Crippen MR) is 96.0 cm³/mol. The molecule has 3 atom stereocenters. The highest BCUT2D eigenvalue weighted by Gasteiger charge is 2.47. The second-order valence-corrected chi connectivity index (χ2v) is 7.12. The zero-order chi connectivity index (χ0) is 16.4. The second-order valence-electron chi connectivity index (χ2n) is 7.12. The Kier molecular flexibility index (Phi) is 4.35. The van der Waals surface area contributed by atoms with Gasteiger partial charge in [0.15, 0.2) is 0 Å². The van der Waals surface area contributed by atoms with E-state index in [1.165, 1.54) is 30.4 Å². The van der Waals surface area contributed by atoms with Crippen molar-refractivity contribution in [2.24, 2.45) is 17.0 Å². The van der Waals surface area contributed by atoms with Gasteiger partial charge in [-0.3, -0.25) is 4.90 Å². The Balaban J connectivity index is 1.62. The average Bonchev–Trinajstić information content (AvgIpc) is 3.24. The molecule has 2 bridgehead atoms. The minimum Gasteiger partial charge on any atom is -0.411 e. The topological polar surface area (TPSA) is 35.8 Å². The standard InChI is InChI=1S/C21H24N2O/c24-22-20-18-11-12-19(13-18)21(20)23(14-16-7-3-1-4-8-16)15-17-9-5-2-6-10-17/h1-10,18-19,21,24H,11-15H2/b22-20+/t18-,19+,21+/m0/s1. The first kappa shape index (κ1) is 15.4. The highest BCUT2D eigenvalue weighted by Crippen LogP contribution is 2.45. The number of oxime groups is 1. The second kappa shape index (κ2) is 6.78. The molecule has 124 valence electrons. The van der Waals surface area contributed by atoms with Crippen molar-refractivity contribution in [3.05, 3.63) is 71.8 Å². The van der Waals surface area contributed by atoms with Crippen LogP contribution in [0.3, 0.4) is 0 Å². The molecule has 0 aliphatic heterocycles. The van der Waals surface area contributed by atoms with E-state index >= 15 is 0 Å². The summed E-state index contributed by atoms with van der Waals surface area (Å²) in [6.45, 7) is 1.78. The van der Waals surface area contributed by atoms with Crippen molar-refractivity contribution in [2.75, 3.05) is 0 Å². The Labute approximate surface area is 143 Å². The summed E-state index contributed by atoms with van der Waals surface area (Å²) in [4.78, 5) is 2.50. The molecule has 3 heteroatoms. The third-order valence-electron chi connectivity index (χ3n) is 5.61. The van der Waals surface area contributed by atoms with Crippen LogP contribution in [0.15, 0.2) is 65.8 Å². The van der Waals surface area contributed by atoms with Crippen LogP contribution in [0.1, 0.15) is 30.4 Å². The summed E-state index contributed by atoms with van der Waals surface area (Å²) in [7, 11) is 0. The van der Waals surface area contributed by atoms with E-state index in [0.717, 1.165) is 18.8 Å². The SMILES string of the molecule is O/N=C1\[C@H]2CC[C@H](C2)[C@H]1N(Cc1ccccc1)Cc1ccccc1. The minimum atomic E-state index is 0.272. The molecule has 2 saturated carbocycles. The van der Waals surface area contributed by atoms with E-state index in [-0.39, 0.29) is 6.04 Å². The van der Waals surface area contributed by atoms with Gasteiger partial charge in [0, 0.05) is 19.0 Å². The molecule has 0 aromatic heterocycles. The van der Waals surface area contributed by atoms with Gasteiger partial charge in [-0.1, -0.05) is 65.8 Å². The first-order valence-corrected chi connectivity index (χ1v) is 8.89. The fraction of sp³-hybridized carbons (Fsp3) is 0.381. The van der Waals surface area contributed by atoms with E-state index < -0.39 is 0 Å². The van der Waals surface area contributed by atoms with E-state index in [0.29, 0.717) is 11.8 Å². The summed E-state index contributed by atoms with van der Waals surface area (Å²) in [5.41, 5.74) is 3.64. The summed E-state index contributed by atoms with van der Waals surface area (Å²) >= 11 is 0. The van der Waals surface area contributed by atoms with Crippen molar-refractivity contribution >= 4 is 5.71 Å². The van der Waals surface area contributed by atoms with Crippen LogP contribution in [0.25, 0.3) is 0 Å². The van der Waals surface area contributed by atoms with Crippen LogP contribution < -0.4 is 0 Å². The zero-order valence-corrected chi connectivity index (χ0v) is 13.9. The molecular formula is C21H24N2O. The monoisotopic (exact) mass is 320 g/mol. The highest BCUT2D eigenvalue weighted by molar-refractivity contribution is 5.94. The van der Waals surface area contributed by atoms with Crippen LogP contribution in [-0.2, 0) is 13.1 Å². The molecule has 0 spiro atoms. The Morgan fingerprint density at radius 3 is 2.00 bits per heavy atom. The Hall–Kier alpha value is -2.13. The van der Waals surface area contributed by atoms with Crippen molar-refractivity contribution in [1.82, 2.24) is 4.90 Å². The molecule has 24 heavy (non-hydrogen) atoms. The predicted octanol–water partition coefficient (Wildman–Crippen LogP) is 4.32. The molecule has 0 saturated heterocycles. The molecular weight excluding hydrogens is 296 g/mol. The van der Waals surface area contributed by atoms with E-state index in [9.17, 15) is 5.21 Å². The fourth-order valence-corrected chi connectivity index (χ4v) is 4.57. The van der Waals surface area contributed by atoms with Crippen molar-refractivity contribution in [2.45, 2.75) is 38.4 Å². The lowest BCUT2D eigenvalue weighted by atomic mass is 9.91. The highest BCUT2D eigenvalue weighted by atomic mass is 16.4. The van der Waals surface area contributed by atoms with Gasteiger partial charge in [-0.15, -0.1) is 0 Å². The first-order chi connectivity index (χ1) is 11.8. The molecule has 1 N–H and O–H groups in total. The average molecular weight is 320 g/mol. The van der Waals surface area contributed by atoms with Crippen molar-refractivity contribution in [1.29, 1.82) is 0 Å². The fourth-order valence-electron chi connectivity index (χ4n) is 4.57. The van der Waals surface area contributed by atoms with E-state index in [1.807, 2.05) is 0 Å². The van der Waals surface area contributed by atoms with Crippen LogP contribution in [0.5, 0.6) is 0 Å². The maximum atomic E-state index is 9.60. The van der Waals surface area contributed by atoms with Gasteiger partial charge in [0.2, 0.25) is 0 Å². The largest absolute Gasteiger partial charge is 0.411 e. The van der Waals surface area contributed by atoms with Gasteiger partial charge in [-0.05, 0) is 36.3 Å². The molecule has 2 aliphatic rings. The normalized spacial score (nSPS) is 27.2. The molecule has 2 fully saturated rings.